The van der Waals surface area contributed by atoms with Crippen LogP contribution in [-0.4, -0.2) is 42.0 Å². The van der Waals surface area contributed by atoms with E-state index < -0.39 is 20.0 Å². The van der Waals surface area contributed by atoms with Gasteiger partial charge < -0.3 is 5.32 Å². The van der Waals surface area contributed by atoms with E-state index in [9.17, 15) is 16.8 Å². The summed E-state index contributed by atoms with van der Waals surface area (Å²) in [6.07, 6.45) is 3.55. The molecule has 0 unspecified atom stereocenters. The zero-order chi connectivity index (χ0) is 22.5. The van der Waals surface area contributed by atoms with Crippen LogP contribution < -0.4 is 14.8 Å². The molecular formula is C22H31N3O4S2. The predicted octanol–water partition coefficient (Wildman–Crippen LogP) is 2.46. The van der Waals surface area contributed by atoms with Gasteiger partial charge in [-0.05, 0) is 51.0 Å². The van der Waals surface area contributed by atoms with Crippen molar-refractivity contribution < 1.29 is 16.8 Å². The normalized spacial score (nSPS) is 19.9. The highest BCUT2D eigenvalue weighted by Gasteiger charge is 2.29. The van der Waals surface area contributed by atoms with Crippen LogP contribution in [0.3, 0.4) is 0 Å². The molecule has 2 aromatic rings. The number of hydrogen-bond donors (Lipinski definition) is 3. The molecule has 1 aliphatic rings. The second-order valence-corrected chi connectivity index (χ2v) is 11.6. The van der Waals surface area contributed by atoms with E-state index in [0.29, 0.717) is 6.54 Å². The zero-order valence-corrected chi connectivity index (χ0v) is 19.6. The third-order valence-corrected chi connectivity index (χ3v) is 8.54. The van der Waals surface area contributed by atoms with Gasteiger partial charge in [0.05, 0.1) is 9.79 Å². The Bertz CT molecular complexity index is 1070. The van der Waals surface area contributed by atoms with Crippen molar-refractivity contribution in [2.45, 2.75) is 61.4 Å². The van der Waals surface area contributed by atoms with Crippen LogP contribution in [0.2, 0.25) is 0 Å². The predicted molar refractivity (Wildman–Crippen MR) is 122 cm³/mol. The molecule has 2 atom stereocenters. The number of nitrogens with one attached hydrogen (secondary N) is 3. The maximum absolute atomic E-state index is 12.8. The fraction of sp³-hybridized carbons (Fsp3) is 0.455. The maximum atomic E-state index is 12.8. The molecule has 1 saturated carbocycles. The van der Waals surface area contributed by atoms with Crippen molar-refractivity contribution in [2.75, 3.05) is 13.1 Å². The van der Waals surface area contributed by atoms with Crippen molar-refractivity contribution in [2.24, 2.45) is 0 Å². The monoisotopic (exact) mass is 465 g/mol. The Balaban J connectivity index is 1.55. The molecule has 0 amide bonds. The molecule has 0 aliphatic heterocycles. The molecule has 1 aliphatic carbocycles. The Morgan fingerprint density at radius 2 is 1.19 bits per heavy atom. The standard InChI is InChI=1S/C22H31N3O4S2/c1-17-7-11-19(12-8-17)30(26,27)24-16-15-23-21-5-3-4-6-22(21)25-31(28,29)20-13-9-18(2)10-14-20/h7-14,21-25H,3-6,15-16H2,1-2H3/t21-,22-/m1/s1. The first-order chi connectivity index (χ1) is 14.7. The minimum Gasteiger partial charge on any atom is -0.311 e. The van der Waals surface area contributed by atoms with Crippen LogP contribution in [0.1, 0.15) is 36.8 Å². The maximum Gasteiger partial charge on any atom is 0.240 e. The lowest BCUT2D eigenvalue weighted by Crippen LogP contribution is -2.52. The molecule has 170 valence electrons. The topological polar surface area (TPSA) is 104 Å². The van der Waals surface area contributed by atoms with Crippen LogP contribution in [0.25, 0.3) is 0 Å². The number of sulfonamides is 2. The summed E-state index contributed by atoms with van der Waals surface area (Å²) >= 11 is 0. The smallest absolute Gasteiger partial charge is 0.240 e. The van der Waals surface area contributed by atoms with E-state index in [4.69, 9.17) is 0 Å². The van der Waals surface area contributed by atoms with Gasteiger partial charge in [-0.25, -0.2) is 26.3 Å². The molecule has 3 N–H and O–H groups in total. The number of rotatable bonds is 9. The lowest BCUT2D eigenvalue weighted by atomic mass is 9.91. The Morgan fingerprint density at radius 3 is 1.74 bits per heavy atom. The summed E-state index contributed by atoms with van der Waals surface area (Å²) in [6, 6.07) is 13.2. The van der Waals surface area contributed by atoms with E-state index in [1.165, 1.54) is 0 Å². The highest BCUT2D eigenvalue weighted by molar-refractivity contribution is 7.89. The van der Waals surface area contributed by atoms with Gasteiger partial charge in [-0.3, -0.25) is 0 Å². The average molecular weight is 466 g/mol. The zero-order valence-electron chi connectivity index (χ0n) is 18.0. The molecule has 0 radical (unpaired) electrons. The summed E-state index contributed by atoms with van der Waals surface area (Å²) in [6.45, 7) is 4.46. The molecular weight excluding hydrogens is 434 g/mol. The van der Waals surface area contributed by atoms with Crippen molar-refractivity contribution in [3.05, 3.63) is 59.7 Å². The molecule has 7 nitrogen and oxygen atoms in total. The summed E-state index contributed by atoms with van der Waals surface area (Å²) in [4.78, 5) is 0.493. The van der Waals surface area contributed by atoms with Crippen LogP contribution in [0.5, 0.6) is 0 Å². The molecule has 0 bridgehead atoms. The lowest BCUT2D eigenvalue weighted by molar-refractivity contribution is 0.312. The second-order valence-electron chi connectivity index (χ2n) is 8.10. The van der Waals surface area contributed by atoms with Crippen molar-refractivity contribution in [3.8, 4) is 0 Å². The minimum absolute atomic E-state index is 0.0437. The summed E-state index contributed by atoms with van der Waals surface area (Å²) in [5.74, 6) is 0. The number of hydrogen-bond acceptors (Lipinski definition) is 5. The first-order valence-electron chi connectivity index (χ1n) is 10.6. The van der Waals surface area contributed by atoms with E-state index in [1.807, 2.05) is 13.8 Å². The minimum atomic E-state index is -3.60. The van der Waals surface area contributed by atoms with Gasteiger partial charge in [0.15, 0.2) is 0 Å². The number of aryl methyl sites for hydroxylation is 2. The van der Waals surface area contributed by atoms with E-state index in [-0.39, 0.29) is 28.4 Å². The fourth-order valence-electron chi connectivity index (χ4n) is 3.74. The largest absolute Gasteiger partial charge is 0.311 e. The van der Waals surface area contributed by atoms with Crippen LogP contribution in [0, 0.1) is 13.8 Å². The molecule has 0 spiro atoms. The van der Waals surface area contributed by atoms with E-state index >= 15 is 0 Å². The van der Waals surface area contributed by atoms with Crippen LogP contribution in [0.4, 0.5) is 0 Å². The van der Waals surface area contributed by atoms with Gasteiger partial charge in [0.25, 0.3) is 0 Å². The van der Waals surface area contributed by atoms with Gasteiger partial charge in [-0.2, -0.15) is 0 Å². The molecule has 2 aromatic carbocycles. The molecule has 1 fully saturated rings. The number of benzene rings is 2. The van der Waals surface area contributed by atoms with Crippen LogP contribution in [0.15, 0.2) is 58.3 Å². The first-order valence-corrected chi connectivity index (χ1v) is 13.5. The van der Waals surface area contributed by atoms with E-state index in [2.05, 4.69) is 14.8 Å². The van der Waals surface area contributed by atoms with Crippen LogP contribution >= 0.6 is 0 Å². The SMILES string of the molecule is Cc1ccc(S(=O)(=O)NCCN[C@@H]2CCCC[C@H]2NS(=O)(=O)c2ccc(C)cc2)cc1. The van der Waals surface area contributed by atoms with Crippen LogP contribution in [-0.2, 0) is 20.0 Å². The van der Waals surface area contributed by atoms with Gasteiger partial charge in [0, 0.05) is 25.2 Å². The van der Waals surface area contributed by atoms with Gasteiger partial charge in [0.1, 0.15) is 0 Å². The van der Waals surface area contributed by atoms with Crippen molar-refractivity contribution in [1.82, 2.24) is 14.8 Å². The Morgan fingerprint density at radius 1 is 0.710 bits per heavy atom. The summed E-state index contributed by atoms with van der Waals surface area (Å²) in [7, 11) is -7.17. The molecule has 0 aromatic heterocycles. The third-order valence-electron chi connectivity index (χ3n) is 5.56. The van der Waals surface area contributed by atoms with Gasteiger partial charge >= 0.3 is 0 Å². The Hall–Kier alpha value is -1.78. The Labute approximate surface area is 185 Å². The van der Waals surface area contributed by atoms with E-state index in [0.717, 1.165) is 36.8 Å². The molecule has 31 heavy (non-hydrogen) atoms. The molecule has 0 heterocycles. The van der Waals surface area contributed by atoms with Gasteiger partial charge in [-0.1, -0.05) is 48.2 Å². The van der Waals surface area contributed by atoms with Crippen molar-refractivity contribution >= 4 is 20.0 Å². The van der Waals surface area contributed by atoms with Crippen molar-refractivity contribution in [3.63, 3.8) is 0 Å². The quantitative estimate of drug-likeness (QED) is 0.494. The van der Waals surface area contributed by atoms with E-state index in [1.54, 1.807) is 48.5 Å². The summed E-state index contributed by atoms with van der Waals surface area (Å²) in [5.41, 5.74) is 2.00. The van der Waals surface area contributed by atoms with Gasteiger partial charge in [-0.15, -0.1) is 0 Å². The Kier molecular flexibility index (Phi) is 7.87. The molecule has 0 saturated heterocycles. The lowest BCUT2D eigenvalue weighted by Gasteiger charge is -2.32. The second kappa shape index (κ2) is 10.2. The average Bonchev–Trinajstić information content (AvgIpc) is 2.73. The highest BCUT2D eigenvalue weighted by Crippen LogP contribution is 2.21. The fourth-order valence-corrected chi connectivity index (χ4v) is 6.09. The third kappa shape index (κ3) is 6.60. The highest BCUT2D eigenvalue weighted by atomic mass is 32.2. The molecule has 3 rings (SSSR count). The first kappa shape index (κ1) is 23.9. The summed E-state index contributed by atoms with van der Waals surface area (Å²) < 4.78 is 55.8. The van der Waals surface area contributed by atoms with Gasteiger partial charge in [0.2, 0.25) is 20.0 Å². The molecule has 9 heteroatoms. The summed E-state index contributed by atoms with van der Waals surface area (Å²) in [5, 5.41) is 3.33. The van der Waals surface area contributed by atoms with Crippen molar-refractivity contribution in [1.29, 1.82) is 0 Å².